The monoisotopic (exact) mass is 338 g/mol. The molecule has 1 aromatic heterocycles. The first kappa shape index (κ1) is 18.7. The van der Waals surface area contributed by atoms with Gasteiger partial charge in [-0.1, -0.05) is 12.1 Å². The van der Waals surface area contributed by atoms with Crippen LogP contribution in [0.1, 0.15) is 66.1 Å². The summed E-state index contributed by atoms with van der Waals surface area (Å²) in [5.74, 6) is 1.82. The van der Waals surface area contributed by atoms with Gasteiger partial charge in [-0.2, -0.15) is 4.98 Å². The molecule has 0 unspecified atom stereocenters. The number of alkyl carbamates (subject to hydrolysis) is 1. The van der Waals surface area contributed by atoms with Crippen molar-refractivity contribution in [3.05, 3.63) is 11.7 Å². The van der Waals surface area contributed by atoms with Gasteiger partial charge in [-0.05, 0) is 66.5 Å². The molecule has 0 bridgehead atoms. The highest BCUT2D eigenvalue weighted by molar-refractivity contribution is 5.68. The average molecular weight is 338 g/mol. The van der Waals surface area contributed by atoms with Gasteiger partial charge in [-0.3, -0.25) is 4.90 Å². The number of ether oxygens (including phenoxy) is 1. The van der Waals surface area contributed by atoms with Crippen molar-refractivity contribution in [3.8, 4) is 0 Å². The minimum absolute atomic E-state index is 0.453. The van der Waals surface area contributed by atoms with Crippen LogP contribution in [0.3, 0.4) is 0 Å². The van der Waals surface area contributed by atoms with Crippen LogP contribution in [0.25, 0.3) is 0 Å². The molecule has 2 heterocycles. The minimum Gasteiger partial charge on any atom is -0.444 e. The number of carbonyl (C=O) groups excluding carboxylic acids is 1. The van der Waals surface area contributed by atoms with Gasteiger partial charge in [0.1, 0.15) is 11.1 Å². The zero-order valence-electron chi connectivity index (χ0n) is 15.7. The Morgan fingerprint density at radius 1 is 1.29 bits per heavy atom. The number of hydrogen-bond acceptors (Lipinski definition) is 6. The van der Waals surface area contributed by atoms with E-state index in [9.17, 15) is 4.79 Å². The quantitative estimate of drug-likeness (QED) is 0.909. The average Bonchev–Trinajstić information content (AvgIpc) is 2.88. The van der Waals surface area contributed by atoms with Gasteiger partial charge in [-0.25, -0.2) is 4.79 Å². The van der Waals surface area contributed by atoms with Gasteiger partial charge in [-0.15, -0.1) is 0 Å². The van der Waals surface area contributed by atoms with E-state index >= 15 is 0 Å². The zero-order chi connectivity index (χ0) is 18.0. The third-order valence-electron chi connectivity index (χ3n) is 4.08. The fourth-order valence-corrected chi connectivity index (χ4v) is 2.60. The van der Waals surface area contributed by atoms with E-state index in [-0.39, 0.29) is 0 Å². The van der Waals surface area contributed by atoms with Crippen molar-refractivity contribution >= 4 is 6.09 Å². The predicted molar refractivity (Wildman–Crippen MR) is 90.4 cm³/mol. The number of amides is 1. The Hall–Kier alpha value is -1.63. The van der Waals surface area contributed by atoms with Gasteiger partial charge >= 0.3 is 6.09 Å². The maximum atomic E-state index is 12.0. The second-order valence-corrected chi connectivity index (χ2v) is 8.22. The van der Waals surface area contributed by atoms with Crippen molar-refractivity contribution in [3.63, 3.8) is 0 Å². The van der Waals surface area contributed by atoms with E-state index < -0.39 is 17.2 Å². The lowest BCUT2D eigenvalue weighted by atomic mass is 9.99. The normalized spacial score (nSPS) is 17.8. The lowest BCUT2D eigenvalue weighted by Crippen LogP contribution is -2.44. The van der Waals surface area contributed by atoms with Crippen LogP contribution in [0.5, 0.6) is 0 Å². The number of piperidine rings is 1. The summed E-state index contributed by atoms with van der Waals surface area (Å²) in [4.78, 5) is 18.8. The summed E-state index contributed by atoms with van der Waals surface area (Å²) >= 11 is 0. The Bertz CT molecular complexity index is 554. The molecule has 0 aromatic carbocycles. The third kappa shape index (κ3) is 5.47. The summed E-state index contributed by atoms with van der Waals surface area (Å²) in [6, 6.07) is 0. The molecule has 1 N–H and O–H groups in total. The summed E-state index contributed by atoms with van der Waals surface area (Å²) < 4.78 is 10.7. The zero-order valence-corrected chi connectivity index (χ0v) is 15.7. The van der Waals surface area contributed by atoms with Gasteiger partial charge in [0, 0.05) is 0 Å². The van der Waals surface area contributed by atoms with Gasteiger partial charge in [0.15, 0.2) is 5.82 Å². The van der Waals surface area contributed by atoms with E-state index in [0.717, 1.165) is 19.0 Å². The van der Waals surface area contributed by atoms with Gasteiger partial charge < -0.3 is 14.6 Å². The first-order chi connectivity index (χ1) is 11.0. The molecule has 1 fully saturated rings. The first-order valence-corrected chi connectivity index (χ1v) is 8.62. The highest BCUT2D eigenvalue weighted by atomic mass is 16.6. The third-order valence-corrected chi connectivity index (χ3v) is 4.08. The lowest BCUT2D eigenvalue weighted by molar-refractivity contribution is 0.0465. The van der Waals surface area contributed by atoms with E-state index in [0.29, 0.717) is 18.3 Å². The van der Waals surface area contributed by atoms with E-state index in [1.165, 1.54) is 12.8 Å². The summed E-state index contributed by atoms with van der Waals surface area (Å²) in [6.07, 6.45) is 1.91. The highest BCUT2D eigenvalue weighted by Gasteiger charge is 2.31. The summed E-state index contributed by atoms with van der Waals surface area (Å²) in [5.41, 5.74) is -1.31. The van der Waals surface area contributed by atoms with Crippen LogP contribution in [-0.4, -0.2) is 39.8 Å². The molecule has 1 aliphatic rings. The Morgan fingerprint density at radius 3 is 2.50 bits per heavy atom. The standard InChI is InChI=1S/C17H30N4O3/c1-12-7-9-21(10-8-12)11-13-18-14(20-24-13)17(5,6)19-15(22)23-16(2,3)4/h12H,7-11H2,1-6H3,(H,19,22). The predicted octanol–water partition coefficient (Wildman–Crippen LogP) is 3.06. The highest BCUT2D eigenvalue weighted by Crippen LogP contribution is 2.21. The molecule has 2 rings (SSSR count). The number of nitrogens with zero attached hydrogens (tertiary/aromatic N) is 3. The largest absolute Gasteiger partial charge is 0.444 e. The summed E-state index contributed by atoms with van der Waals surface area (Å²) in [7, 11) is 0. The van der Waals surface area contributed by atoms with E-state index in [1.807, 2.05) is 34.6 Å². The van der Waals surface area contributed by atoms with Crippen LogP contribution in [-0.2, 0) is 16.8 Å². The number of carbonyl (C=O) groups is 1. The fourth-order valence-electron chi connectivity index (χ4n) is 2.60. The Morgan fingerprint density at radius 2 is 1.92 bits per heavy atom. The number of likely N-dealkylation sites (tertiary alicyclic amines) is 1. The molecule has 7 nitrogen and oxygen atoms in total. The molecule has 1 saturated heterocycles. The molecule has 1 amide bonds. The maximum Gasteiger partial charge on any atom is 0.408 e. The number of aromatic nitrogens is 2. The second kappa shape index (κ2) is 7.09. The number of hydrogen-bond donors (Lipinski definition) is 1. The Balaban J connectivity index is 1.94. The van der Waals surface area contributed by atoms with Crippen molar-refractivity contribution in [2.75, 3.05) is 13.1 Å². The summed E-state index contributed by atoms with van der Waals surface area (Å²) in [5, 5.41) is 6.83. The molecule has 0 atom stereocenters. The van der Waals surface area contributed by atoms with Crippen LogP contribution < -0.4 is 5.32 Å². The van der Waals surface area contributed by atoms with Crippen molar-refractivity contribution in [1.82, 2.24) is 20.4 Å². The molecule has 0 saturated carbocycles. The van der Waals surface area contributed by atoms with Gasteiger partial charge in [0.25, 0.3) is 0 Å². The second-order valence-electron chi connectivity index (χ2n) is 8.22. The fraction of sp³-hybridized carbons (Fsp3) is 0.824. The van der Waals surface area contributed by atoms with Gasteiger partial charge in [0.05, 0.1) is 6.54 Å². The molecule has 0 spiro atoms. The van der Waals surface area contributed by atoms with Crippen molar-refractivity contribution in [1.29, 1.82) is 0 Å². The molecular formula is C17H30N4O3. The molecule has 1 aliphatic heterocycles. The molecule has 0 radical (unpaired) electrons. The molecule has 24 heavy (non-hydrogen) atoms. The number of rotatable bonds is 4. The molecule has 7 heteroatoms. The Labute approximate surface area is 144 Å². The topological polar surface area (TPSA) is 80.5 Å². The first-order valence-electron chi connectivity index (χ1n) is 8.62. The summed E-state index contributed by atoms with van der Waals surface area (Å²) in [6.45, 7) is 14.2. The van der Waals surface area contributed by atoms with Crippen molar-refractivity contribution in [2.24, 2.45) is 5.92 Å². The minimum atomic E-state index is -0.763. The smallest absolute Gasteiger partial charge is 0.408 e. The number of nitrogens with one attached hydrogen (secondary N) is 1. The SMILES string of the molecule is CC1CCN(Cc2nc(C(C)(C)NC(=O)OC(C)(C)C)no2)CC1. The van der Waals surface area contributed by atoms with Crippen molar-refractivity contribution in [2.45, 2.75) is 72.1 Å². The van der Waals surface area contributed by atoms with E-state index in [1.54, 1.807) is 0 Å². The van der Waals surface area contributed by atoms with Crippen LogP contribution in [0.2, 0.25) is 0 Å². The molecule has 0 aliphatic carbocycles. The van der Waals surface area contributed by atoms with E-state index in [4.69, 9.17) is 9.26 Å². The lowest BCUT2D eigenvalue weighted by Gasteiger charge is -2.28. The van der Waals surface area contributed by atoms with Crippen molar-refractivity contribution < 1.29 is 14.1 Å². The van der Waals surface area contributed by atoms with Crippen LogP contribution in [0, 0.1) is 5.92 Å². The van der Waals surface area contributed by atoms with Crippen LogP contribution in [0.15, 0.2) is 4.52 Å². The molecule has 1 aromatic rings. The van der Waals surface area contributed by atoms with Crippen LogP contribution >= 0.6 is 0 Å². The molecule has 136 valence electrons. The van der Waals surface area contributed by atoms with E-state index in [2.05, 4.69) is 27.3 Å². The Kier molecular flexibility index (Phi) is 5.52. The van der Waals surface area contributed by atoms with Crippen LogP contribution in [0.4, 0.5) is 4.79 Å². The molecular weight excluding hydrogens is 308 g/mol. The van der Waals surface area contributed by atoms with Gasteiger partial charge in [0.2, 0.25) is 5.89 Å². The maximum absolute atomic E-state index is 12.0.